The number of thiophene rings is 1. The van der Waals surface area contributed by atoms with Crippen molar-refractivity contribution in [2.75, 3.05) is 24.8 Å². The molecule has 1 saturated heterocycles. The largest absolute Gasteiger partial charge is 0.495 e. The molecule has 4 aromatic rings. The third-order valence-corrected chi connectivity index (χ3v) is 7.13. The zero-order valence-electron chi connectivity index (χ0n) is 17.3. The smallest absolute Gasteiger partial charge is 0.272 e. The van der Waals surface area contributed by atoms with Crippen molar-refractivity contribution in [1.29, 1.82) is 0 Å². The van der Waals surface area contributed by atoms with Crippen LogP contribution >= 0.6 is 23.1 Å². The standard InChI is InChI=1S/C21H21N5O4S2/c1-29-16-7-3-2-6-14(16)22-17(27)12-32-21-24-23-20-25(11-13-5-4-9-30-13)19(28)18-15(26(20)21)8-10-31-18/h2-3,6-8,10,13H,4-5,9,11-12H2,1H3,(H,22,27). The Morgan fingerprint density at radius 3 is 3.03 bits per heavy atom. The topological polar surface area (TPSA) is 99.8 Å². The normalized spacial score (nSPS) is 16.1. The summed E-state index contributed by atoms with van der Waals surface area (Å²) in [6.07, 6.45) is 1.90. The number of aromatic nitrogens is 4. The maximum Gasteiger partial charge on any atom is 0.272 e. The highest BCUT2D eigenvalue weighted by atomic mass is 32.2. The fourth-order valence-corrected chi connectivity index (χ4v) is 5.38. The number of nitrogens with one attached hydrogen (secondary N) is 1. The van der Waals surface area contributed by atoms with Crippen LogP contribution in [0.15, 0.2) is 45.7 Å². The van der Waals surface area contributed by atoms with Crippen molar-refractivity contribution >= 4 is 50.7 Å². The van der Waals surface area contributed by atoms with Crippen LogP contribution in [0, 0.1) is 0 Å². The number of benzene rings is 1. The molecule has 166 valence electrons. The number of hydrogen-bond acceptors (Lipinski definition) is 8. The molecule has 11 heteroatoms. The molecule has 5 rings (SSSR count). The SMILES string of the molecule is COc1ccccc1NC(=O)CSc1nnc2n(CC3CCCO3)c(=O)c3sccc3n12. The highest BCUT2D eigenvalue weighted by Crippen LogP contribution is 2.27. The van der Waals surface area contributed by atoms with Gasteiger partial charge in [-0.25, -0.2) is 0 Å². The van der Waals surface area contributed by atoms with Gasteiger partial charge in [0.05, 0.1) is 36.7 Å². The van der Waals surface area contributed by atoms with Gasteiger partial charge in [0.15, 0.2) is 5.16 Å². The first kappa shape index (κ1) is 21.0. The summed E-state index contributed by atoms with van der Waals surface area (Å²) in [5.74, 6) is 1.00. The second-order valence-electron chi connectivity index (χ2n) is 7.34. The lowest BCUT2D eigenvalue weighted by Crippen LogP contribution is -2.28. The van der Waals surface area contributed by atoms with Gasteiger partial charge in [-0.15, -0.1) is 21.5 Å². The second kappa shape index (κ2) is 8.93. The zero-order valence-corrected chi connectivity index (χ0v) is 18.9. The van der Waals surface area contributed by atoms with E-state index in [0.29, 0.717) is 40.2 Å². The minimum atomic E-state index is -0.189. The van der Waals surface area contributed by atoms with Gasteiger partial charge in [-0.1, -0.05) is 23.9 Å². The van der Waals surface area contributed by atoms with E-state index in [1.54, 1.807) is 23.8 Å². The predicted octanol–water partition coefficient (Wildman–Crippen LogP) is 3.02. The van der Waals surface area contributed by atoms with Gasteiger partial charge >= 0.3 is 0 Å². The van der Waals surface area contributed by atoms with Crippen LogP contribution in [0.25, 0.3) is 16.0 Å². The summed E-state index contributed by atoms with van der Waals surface area (Å²) in [4.78, 5) is 25.6. The predicted molar refractivity (Wildman–Crippen MR) is 124 cm³/mol. The molecule has 1 aromatic carbocycles. The minimum Gasteiger partial charge on any atom is -0.495 e. The Labute approximate surface area is 191 Å². The van der Waals surface area contributed by atoms with Gasteiger partial charge in [-0.3, -0.25) is 18.6 Å². The third kappa shape index (κ3) is 3.87. The average Bonchev–Trinajstić information content (AvgIpc) is 3.56. The van der Waals surface area contributed by atoms with Crippen LogP contribution in [0.2, 0.25) is 0 Å². The lowest BCUT2D eigenvalue weighted by atomic mass is 10.2. The molecule has 0 spiro atoms. The second-order valence-corrected chi connectivity index (χ2v) is 9.20. The number of hydrogen-bond donors (Lipinski definition) is 1. The Balaban J connectivity index is 1.43. The Morgan fingerprint density at radius 2 is 2.22 bits per heavy atom. The maximum absolute atomic E-state index is 13.1. The van der Waals surface area contributed by atoms with Crippen LogP contribution in [0.5, 0.6) is 5.75 Å². The summed E-state index contributed by atoms with van der Waals surface area (Å²) >= 11 is 2.66. The fraction of sp³-hybridized carbons (Fsp3) is 0.333. The average molecular weight is 472 g/mol. The molecule has 1 atom stereocenters. The number of methoxy groups -OCH3 is 1. The van der Waals surface area contributed by atoms with Crippen molar-refractivity contribution in [3.63, 3.8) is 0 Å². The number of carbonyl (C=O) groups excluding carboxylic acids is 1. The van der Waals surface area contributed by atoms with E-state index < -0.39 is 0 Å². The van der Waals surface area contributed by atoms with Crippen LogP contribution in [-0.4, -0.2) is 50.6 Å². The van der Waals surface area contributed by atoms with E-state index in [9.17, 15) is 9.59 Å². The van der Waals surface area contributed by atoms with E-state index in [2.05, 4.69) is 15.5 Å². The highest BCUT2D eigenvalue weighted by Gasteiger charge is 2.23. The summed E-state index contributed by atoms with van der Waals surface area (Å²) in [6.45, 7) is 1.15. The van der Waals surface area contributed by atoms with E-state index in [4.69, 9.17) is 9.47 Å². The summed E-state index contributed by atoms with van der Waals surface area (Å²) in [5, 5.41) is 13.9. The van der Waals surface area contributed by atoms with Crippen molar-refractivity contribution in [3.8, 4) is 5.75 Å². The van der Waals surface area contributed by atoms with Crippen LogP contribution in [-0.2, 0) is 16.1 Å². The Morgan fingerprint density at radius 1 is 1.34 bits per heavy atom. The van der Waals surface area contributed by atoms with Crippen molar-refractivity contribution in [3.05, 3.63) is 46.1 Å². The number of fused-ring (bicyclic) bond motifs is 3. The molecule has 1 unspecified atom stereocenters. The molecule has 3 aromatic heterocycles. The summed E-state index contributed by atoms with van der Waals surface area (Å²) in [5.41, 5.74) is 1.27. The van der Waals surface area contributed by atoms with Gasteiger partial charge in [0.25, 0.3) is 5.56 Å². The van der Waals surface area contributed by atoms with Crippen LogP contribution < -0.4 is 15.6 Å². The molecule has 4 heterocycles. The molecule has 9 nitrogen and oxygen atoms in total. The first-order chi connectivity index (χ1) is 15.7. The van der Waals surface area contributed by atoms with Gasteiger partial charge in [-0.2, -0.15) is 0 Å². The number of para-hydroxylation sites is 2. The molecular weight excluding hydrogens is 450 g/mol. The molecule has 0 saturated carbocycles. The van der Waals surface area contributed by atoms with Crippen LogP contribution in [0.4, 0.5) is 5.69 Å². The molecule has 1 aliphatic rings. The van der Waals surface area contributed by atoms with E-state index in [0.717, 1.165) is 18.4 Å². The first-order valence-corrected chi connectivity index (χ1v) is 12.0. The molecule has 1 fully saturated rings. The monoisotopic (exact) mass is 471 g/mol. The van der Waals surface area contributed by atoms with Crippen molar-refractivity contribution in [2.45, 2.75) is 30.6 Å². The first-order valence-electron chi connectivity index (χ1n) is 10.2. The van der Waals surface area contributed by atoms with Crippen LogP contribution in [0.1, 0.15) is 12.8 Å². The van der Waals surface area contributed by atoms with Gasteiger partial charge in [0.1, 0.15) is 10.4 Å². The van der Waals surface area contributed by atoms with Crippen molar-refractivity contribution in [2.24, 2.45) is 0 Å². The lowest BCUT2D eigenvalue weighted by molar-refractivity contribution is -0.113. The van der Waals surface area contributed by atoms with Crippen molar-refractivity contribution < 1.29 is 14.3 Å². The van der Waals surface area contributed by atoms with Gasteiger partial charge in [0, 0.05) is 6.61 Å². The Hall–Kier alpha value is -2.89. The molecular formula is C21H21N5O4S2. The van der Waals surface area contributed by atoms with E-state index in [1.165, 1.54) is 23.1 Å². The lowest BCUT2D eigenvalue weighted by Gasteiger charge is -2.13. The third-order valence-electron chi connectivity index (χ3n) is 5.31. The minimum absolute atomic E-state index is 0.00616. The molecule has 1 amide bonds. The molecule has 32 heavy (non-hydrogen) atoms. The van der Waals surface area contributed by atoms with Gasteiger partial charge in [0.2, 0.25) is 11.7 Å². The number of carbonyl (C=O) groups is 1. The van der Waals surface area contributed by atoms with Gasteiger partial charge in [-0.05, 0) is 36.4 Å². The number of amides is 1. The quantitative estimate of drug-likeness (QED) is 0.414. The fourth-order valence-electron chi connectivity index (χ4n) is 3.81. The highest BCUT2D eigenvalue weighted by molar-refractivity contribution is 7.99. The Kier molecular flexibility index (Phi) is 5.85. The van der Waals surface area contributed by atoms with E-state index >= 15 is 0 Å². The number of ether oxygens (including phenoxy) is 2. The van der Waals surface area contributed by atoms with E-state index in [-0.39, 0.29) is 23.3 Å². The van der Waals surface area contributed by atoms with Gasteiger partial charge < -0.3 is 14.8 Å². The number of anilines is 1. The van der Waals surface area contributed by atoms with Crippen molar-refractivity contribution in [1.82, 2.24) is 19.2 Å². The van der Waals surface area contributed by atoms with Crippen LogP contribution in [0.3, 0.4) is 0 Å². The summed E-state index contributed by atoms with van der Waals surface area (Å²) < 4.78 is 15.1. The molecule has 1 N–H and O–H groups in total. The number of nitrogens with zero attached hydrogens (tertiary/aromatic N) is 4. The van der Waals surface area contributed by atoms with E-state index in [1.807, 2.05) is 28.0 Å². The Bertz CT molecular complexity index is 1340. The molecule has 0 radical (unpaired) electrons. The summed E-state index contributed by atoms with van der Waals surface area (Å²) in [7, 11) is 1.56. The summed E-state index contributed by atoms with van der Waals surface area (Å²) in [6, 6.07) is 9.13. The zero-order chi connectivity index (χ0) is 22.1. The number of rotatable bonds is 7. The molecule has 0 aliphatic carbocycles. The maximum atomic E-state index is 13.1. The molecule has 0 bridgehead atoms. The number of thioether (sulfide) groups is 1. The molecule has 1 aliphatic heterocycles.